The largest absolute Gasteiger partial charge is 0.492 e. The van der Waals surface area contributed by atoms with Crippen molar-refractivity contribution >= 4 is 29.9 Å². The molecule has 8 heteroatoms. The molecule has 0 amide bonds. The lowest BCUT2D eigenvalue weighted by Gasteiger charge is -2.48. The normalized spacial score (nSPS) is 19.3. The van der Waals surface area contributed by atoms with E-state index in [1.54, 1.807) is 0 Å². The van der Waals surface area contributed by atoms with E-state index in [-0.39, 0.29) is 29.5 Å². The summed E-state index contributed by atoms with van der Waals surface area (Å²) in [6.07, 6.45) is 6.47. The number of para-hydroxylation sites is 1. The maximum Gasteiger partial charge on any atom is 0.191 e. The first-order chi connectivity index (χ1) is 15.1. The molecule has 182 valence electrons. The molecule has 0 bridgehead atoms. The summed E-state index contributed by atoms with van der Waals surface area (Å²) in [7, 11) is 5.96. The first-order valence-electron chi connectivity index (χ1n) is 11.8. The standard InChI is InChI=1S/C24H41N5O2.HI/c1-25-23(26-19-21-9-5-6-10-22(21)31-18-13-28(2)3)27-20-24(11-7-4-8-12-24)29-14-16-30-17-15-29;/h5-6,9-10H,4,7-8,11-20H2,1-3H3,(H2,25,26,27);1H. The number of guanidine groups is 1. The Hall–Kier alpha value is -1.10. The molecule has 0 atom stereocenters. The Kier molecular flexibility index (Phi) is 12.1. The third-order valence-corrected chi connectivity index (χ3v) is 6.49. The van der Waals surface area contributed by atoms with Gasteiger partial charge in [-0.2, -0.15) is 0 Å². The Morgan fingerprint density at radius 2 is 1.84 bits per heavy atom. The molecule has 0 spiro atoms. The molecular weight excluding hydrogens is 517 g/mol. The Bertz CT molecular complexity index is 689. The third kappa shape index (κ3) is 8.04. The van der Waals surface area contributed by atoms with Gasteiger partial charge in [0, 0.05) is 50.9 Å². The lowest BCUT2D eigenvalue weighted by atomic mass is 9.80. The topological polar surface area (TPSA) is 61.4 Å². The van der Waals surface area contributed by atoms with Gasteiger partial charge in [-0.3, -0.25) is 9.89 Å². The van der Waals surface area contributed by atoms with Crippen LogP contribution in [0.15, 0.2) is 29.3 Å². The van der Waals surface area contributed by atoms with Crippen LogP contribution in [0.25, 0.3) is 0 Å². The van der Waals surface area contributed by atoms with Crippen molar-refractivity contribution in [1.29, 1.82) is 0 Å². The SMILES string of the molecule is CN=C(NCc1ccccc1OCCN(C)C)NCC1(N2CCOCC2)CCCCC1.I. The van der Waals surface area contributed by atoms with Crippen molar-refractivity contribution in [2.75, 3.05) is 67.1 Å². The van der Waals surface area contributed by atoms with E-state index >= 15 is 0 Å². The van der Waals surface area contributed by atoms with Crippen LogP contribution in [-0.4, -0.2) is 88.4 Å². The maximum absolute atomic E-state index is 6.00. The number of halogens is 1. The van der Waals surface area contributed by atoms with E-state index in [4.69, 9.17) is 9.47 Å². The number of morpholine rings is 1. The quantitative estimate of drug-likeness (QED) is 0.276. The molecule has 2 N–H and O–H groups in total. The van der Waals surface area contributed by atoms with E-state index in [0.29, 0.717) is 13.2 Å². The predicted molar refractivity (Wildman–Crippen MR) is 142 cm³/mol. The monoisotopic (exact) mass is 559 g/mol. The van der Waals surface area contributed by atoms with Crippen LogP contribution < -0.4 is 15.4 Å². The molecule has 1 saturated heterocycles. The maximum atomic E-state index is 6.00. The lowest BCUT2D eigenvalue weighted by Crippen LogP contribution is -2.60. The highest BCUT2D eigenvalue weighted by molar-refractivity contribution is 14.0. The Morgan fingerprint density at radius 1 is 1.12 bits per heavy atom. The minimum atomic E-state index is 0. The summed E-state index contributed by atoms with van der Waals surface area (Å²) >= 11 is 0. The van der Waals surface area contributed by atoms with Gasteiger partial charge in [-0.25, -0.2) is 0 Å². The molecule has 1 aliphatic heterocycles. The van der Waals surface area contributed by atoms with Gasteiger partial charge >= 0.3 is 0 Å². The second-order valence-electron chi connectivity index (χ2n) is 8.92. The highest BCUT2D eigenvalue weighted by atomic mass is 127. The molecule has 0 unspecified atom stereocenters. The number of nitrogens with zero attached hydrogens (tertiary/aromatic N) is 3. The molecule has 3 rings (SSSR count). The van der Waals surface area contributed by atoms with E-state index in [1.807, 2.05) is 19.2 Å². The zero-order valence-corrected chi connectivity index (χ0v) is 22.4. The van der Waals surface area contributed by atoms with Crippen LogP contribution in [0.2, 0.25) is 0 Å². The van der Waals surface area contributed by atoms with E-state index in [1.165, 1.54) is 32.1 Å². The summed E-state index contributed by atoms with van der Waals surface area (Å²) in [4.78, 5) is 9.27. The molecule has 2 fully saturated rings. The number of aliphatic imine (C=N–C) groups is 1. The zero-order chi connectivity index (χ0) is 21.9. The molecule has 1 aromatic carbocycles. The van der Waals surface area contributed by atoms with Gasteiger partial charge in [0.05, 0.1) is 13.2 Å². The van der Waals surface area contributed by atoms with Crippen molar-refractivity contribution in [2.24, 2.45) is 4.99 Å². The van der Waals surface area contributed by atoms with Crippen molar-refractivity contribution in [3.8, 4) is 5.75 Å². The van der Waals surface area contributed by atoms with Gasteiger partial charge in [0.1, 0.15) is 12.4 Å². The molecule has 1 aromatic rings. The number of nitrogens with one attached hydrogen (secondary N) is 2. The lowest BCUT2D eigenvalue weighted by molar-refractivity contribution is -0.0352. The number of rotatable bonds is 9. The summed E-state index contributed by atoms with van der Waals surface area (Å²) in [6.45, 7) is 6.94. The summed E-state index contributed by atoms with van der Waals surface area (Å²) in [5.74, 6) is 1.78. The predicted octanol–water partition coefficient (Wildman–Crippen LogP) is 2.95. The average molecular weight is 560 g/mol. The Balaban J connectivity index is 0.00000363. The highest BCUT2D eigenvalue weighted by Crippen LogP contribution is 2.33. The van der Waals surface area contributed by atoms with Gasteiger partial charge in [0.2, 0.25) is 0 Å². The minimum absolute atomic E-state index is 0. The number of likely N-dealkylation sites (N-methyl/N-ethyl adjacent to an activating group) is 1. The second kappa shape index (κ2) is 14.2. The summed E-state index contributed by atoms with van der Waals surface area (Å²) in [5, 5.41) is 7.12. The van der Waals surface area contributed by atoms with Crippen molar-refractivity contribution in [2.45, 2.75) is 44.2 Å². The van der Waals surface area contributed by atoms with Gasteiger partial charge in [-0.05, 0) is 33.0 Å². The number of hydrogen-bond donors (Lipinski definition) is 2. The molecule has 0 radical (unpaired) electrons. The van der Waals surface area contributed by atoms with E-state index < -0.39 is 0 Å². The van der Waals surface area contributed by atoms with Crippen LogP contribution in [0, 0.1) is 0 Å². The average Bonchev–Trinajstić information content (AvgIpc) is 2.81. The zero-order valence-electron chi connectivity index (χ0n) is 20.1. The van der Waals surface area contributed by atoms with E-state index in [0.717, 1.165) is 56.7 Å². The van der Waals surface area contributed by atoms with Crippen LogP contribution in [0.4, 0.5) is 0 Å². The van der Waals surface area contributed by atoms with Crippen LogP contribution in [-0.2, 0) is 11.3 Å². The molecule has 1 heterocycles. The Labute approximate surface area is 211 Å². The number of hydrogen-bond acceptors (Lipinski definition) is 5. The van der Waals surface area contributed by atoms with Gasteiger partial charge in [-0.15, -0.1) is 24.0 Å². The van der Waals surface area contributed by atoms with Gasteiger partial charge in [-0.1, -0.05) is 37.5 Å². The van der Waals surface area contributed by atoms with E-state index in [2.05, 4.69) is 51.7 Å². The smallest absolute Gasteiger partial charge is 0.191 e. The molecule has 1 aliphatic carbocycles. The molecule has 7 nitrogen and oxygen atoms in total. The third-order valence-electron chi connectivity index (χ3n) is 6.49. The van der Waals surface area contributed by atoms with Crippen molar-refractivity contribution in [3.63, 3.8) is 0 Å². The fourth-order valence-electron chi connectivity index (χ4n) is 4.63. The second-order valence-corrected chi connectivity index (χ2v) is 8.92. The van der Waals surface area contributed by atoms with Crippen LogP contribution in [0.5, 0.6) is 5.75 Å². The van der Waals surface area contributed by atoms with Crippen molar-refractivity contribution in [3.05, 3.63) is 29.8 Å². The first kappa shape index (κ1) is 27.1. The van der Waals surface area contributed by atoms with Gasteiger partial charge < -0.3 is 25.0 Å². The molecule has 32 heavy (non-hydrogen) atoms. The van der Waals surface area contributed by atoms with Crippen LogP contribution in [0.3, 0.4) is 0 Å². The van der Waals surface area contributed by atoms with E-state index in [9.17, 15) is 0 Å². The molecule has 0 aromatic heterocycles. The van der Waals surface area contributed by atoms with Gasteiger partial charge in [0.25, 0.3) is 0 Å². The molecular formula is C24H42IN5O2. The number of ether oxygens (including phenoxy) is 2. The summed E-state index contributed by atoms with van der Waals surface area (Å²) < 4.78 is 11.6. The van der Waals surface area contributed by atoms with Crippen LogP contribution >= 0.6 is 24.0 Å². The minimum Gasteiger partial charge on any atom is -0.492 e. The number of benzene rings is 1. The Morgan fingerprint density at radius 3 is 2.53 bits per heavy atom. The highest BCUT2D eigenvalue weighted by Gasteiger charge is 2.38. The summed E-state index contributed by atoms with van der Waals surface area (Å²) in [6, 6.07) is 8.23. The van der Waals surface area contributed by atoms with Crippen molar-refractivity contribution in [1.82, 2.24) is 20.4 Å². The van der Waals surface area contributed by atoms with Gasteiger partial charge in [0.15, 0.2) is 5.96 Å². The molecule has 1 saturated carbocycles. The molecule has 2 aliphatic rings. The van der Waals surface area contributed by atoms with Crippen molar-refractivity contribution < 1.29 is 9.47 Å². The fraction of sp³-hybridized carbons (Fsp3) is 0.708. The van der Waals surface area contributed by atoms with Crippen LogP contribution in [0.1, 0.15) is 37.7 Å². The summed E-state index contributed by atoms with van der Waals surface area (Å²) in [5.41, 5.74) is 1.36. The fourth-order valence-corrected chi connectivity index (χ4v) is 4.63. The first-order valence-corrected chi connectivity index (χ1v) is 11.8.